The van der Waals surface area contributed by atoms with E-state index in [2.05, 4.69) is 10.4 Å². The molecule has 0 unspecified atom stereocenters. The molecule has 2 aromatic carbocycles. The molecule has 2 N–H and O–H groups in total. The molecule has 2 heterocycles. The Morgan fingerprint density at radius 1 is 1.21 bits per heavy atom. The maximum absolute atomic E-state index is 12.6. The molecule has 1 aliphatic heterocycles. The lowest BCUT2D eigenvalue weighted by Gasteiger charge is -2.12. The van der Waals surface area contributed by atoms with E-state index in [9.17, 15) is 14.7 Å². The maximum Gasteiger partial charge on any atom is 0.275 e. The molecule has 9 heteroatoms. The highest BCUT2D eigenvalue weighted by Gasteiger charge is 2.19. The van der Waals surface area contributed by atoms with Gasteiger partial charge in [0.15, 0.2) is 22.9 Å². The predicted octanol–water partition coefficient (Wildman–Crippen LogP) is 1.61. The monoisotopic (exact) mass is 395 g/mol. The quantitative estimate of drug-likeness (QED) is 0.675. The number of para-hydroxylation sites is 2. The first-order valence-corrected chi connectivity index (χ1v) is 8.70. The molecule has 0 fully saturated rings. The minimum atomic E-state index is -0.635. The van der Waals surface area contributed by atoms with Crippen LogP contribution < -0.4 is 25.1 Å². The molecule has 0 aliphatic carbocycles. The van der Waals surface area contributed by atoms with Gasteiger partial charge in [0.25, 0.3) is 11.5 Å². The third kappa shape index (κ3) is 3.57. The van der Waals surface area contributed by atoms with Gasteiger partial charge in [-0.25, -0.2) is 0 Å². The van der Waals surface area contributed by atoms with Gasteiger partial charge in [-0.3, -0.25) is 9.59 Å². The first-order valence-electron chi connectivity index (χ1n) is 8.70. The number of carbonyl (C=O) groups is 1. The van der Waals surface area contributed by atoms with Crippen LogP contribution in [-0.2, 0) is 6.54 Å². The number of carbonyl (C=O) groups excluding carboxylic acids is 1. The molecule has 1 amide bonds. The summed E-state index contributed by atoms with van der Waals surface area (Å²) in [4.78, 5) is 24.9. The first-order chi connectivity index (χ1) is 14.1. The molecule has 0 saturated carbocycles. The fourth-order valence-corrected chi connectivity index (χ4v) is 2.90. The van der Waals surface area contributed by atoms with Crippen LogP contribution in [0.1, 0.15) is 16.1 Å². The number of amides is 1. The number of ether oxygens (including phenoxy) is 3. The number of nitrogens with one attached hydrogen (secondary N) is 1. The van der Waals surface area contributed by atoms with Gasteiger partial charge in [-0.05, 0) is 29.8 Å². The van der Waals surface area contributed by atoms with E-state index in [-0.39, 0.29) is 19.0 Å². The van der Waals surface area contributed by atoms with Gasteiger partial charge >= 0.3 is 0 Å². The Morgan fingerprint density at radius 2 is 2.00 bits per heavy atom. The summed E-state index contributed by atoms with van der Waals surface area (Å²) in [5, 5.41) is 16.8. The molecule has 0 spiro atoms. The summed E-state index contributed by atoms with van der Waals surface area (Å²) >= 11 is 0. The molecular formula is C20H17N3O6. The van der Waals surface area contributed by atoms with Crippen molar-refractivity contribution in [3.63, 3.8) is 0 Å². The molecule has 0 atom stereocenters. The zero-order chi connectivity index (χ0) is 20.4. The highest BCUT2D eigenvalue weighted by Crippen LogP contribution is 2.32. The number of methoxy groups -OCH3 is 1. The number of rotatable bonds is 5. The Kier molecular flexibility index (Phi) is 4.78. The van der Waals surface area contributed by atoms with Gasteiger partial charge in [0.2, 0.25) is 6.79 Å². The molecule has 4 rings (SSSR count). The maximum atomic E-state index is 12.6. The number of hydrogen-bond donors (Lipinski definition) is 2. The van der Waals surface area contributed by atoms with Crippen molar-refractivity contribution >= 4 is 5.91 Å². The average Bonchev–Trinajstić information content (AvgIpc) is 3.20. The molecule has 3 aromatic rings. The number of fused-ring (bicyclic) bond motifs is 1. The molecule has 0 bridgehead atoms. The summed E-state index contributed by atoms with van der Waals surface area (Å²) in [6.07, 6.45) is 0. The number of benzene rings is 2. The zero-order valence-corrected chi connectivity index (χ0v) is 15.4. The summed E-state index contributed by atoms with van der Waals surface area (Å²) < 4.78 is 16.8. The molecule has 29 heavy (non-hydrogen) atoms. The first kappa shape index (κ1) is 18.4. The van der Waals surface area contributed by atoms with Crippen LogP contribution in [0, 0.1) is 0 Å². The third-order valence-electron chi connectivity index (χ3n) is 4.33. The van der Waals surface area contributed by atoms with Crippen molar-refractivity contribution in [2.75, 3.05) is 13.9 Å². The molecule has 0 radical (unpaired) electrons. The third-order valence-corrected chi connectivity index (χ3v) is 4.33. The van der Waals surface area contributed by atoms with Crippen LogP contribution in [0.3, 0.4) is 0 Å². The Bertz CT molecular complexity index is 1140. The van der Waals surface area contributed by atoms with Gasteiger partial charge in [0, 0.05) is 12.6 Å². The van der Waals surface area contributed by atoms with Crippen LogP contribution >= 0.6 is 0 Å². The van der Waals surface area contributed by atoms with E-state index in [0.717, 1.165) is 16.3 Å². The van der Waals surface area contributed by atoms with Crippen molar-refractivity contribution in [3.05, 3.63) is 70.1 Å². The van der Waals surface area contributed by atoms with Crippen molar-refractivity contribution in [1.29, 1.82) is 0 Å². The number of nitrogens with zero attached hydrogens (tertiary/aromatic N) is 2. The van der Waals surface area contributed by atoms with Crippen LogP contribution in [0.25, 0.3) is 5.69 Å². The summed E-state index contributed by atoms with van der Waals surface area (Å²) in [6.45, 7) is 0.331. The fraction of sp³-hybridized carbons (Fsp3) is 0.150. The lowest BCUT2D eigenvalue weighted by Crippen LogP contribution is -2.29. The molecule has 148 valence electrons. The summed E-state index contributed by atoms with van der Waals surface area (Å²) in [5.74, 6) is 0.498. The van der Waals surface area contributed by atoms with Crippen LogP contribution in [0.2, 0.25) is 0 Å². The molecule has 1 aliphatic rings. The Labute approximate surface area is 165 Å². The fourth-order valence-electron chi connectivity index (χ4n) is 2.90. The Balaban J connectivity index is 1.59. The Morgan fingerprint density at radius 3 is 2.83 bits per heavy atom. The van der Waals surface area contributed by atoms with Crippen molar-refractivity contribution in [1.82, 2.24) is 15.1 Å². The van der Waals surface area contributed by atoms with Gasteiger partial charge < -0.3 is 24.6 Å². The van der Waals surface area contributed by atoms with Crippen LogP contribution in [0.15, 0.2) is 53.3 Å². The van der Waals surface area contributed by atoms with Gasteiger partial charge in [-0.1, -0.05) is 18.2 Å². The SMILES string of the molecule is COc1ccccc1-n1nc(C(=O)NCc2ccc3c(c2)OCO3)c(O)cc1=O. The van der Waals surface area contributed by atoms with E-state index >= 15 is 0 Å². The zero-order valence-electron chi connectivity index (χ0n) is 15.4. The van der Waals surface area contributed by atoms with E-state index < -0.39 is 17.2 Å². The number of aromatic nitrogens is 2. The standard InChI is InChI=1S/C20H17N3O6/c1-27-15-5-3-2-4-13(15)23-18(25)9-14(24)19(22-23)20(26)21-10-12-6-7-16-17(8-12)29-11-28-16/h2-9,24H,10-11H2,1H3,(H,21,26). The molecular weight excluding hydrogens is 378 g/mol. The van der Waals surface area contributed by atoms with Crippen molar-refractivity contribution in [3.8, 4) is 28.7 Å². The second-order valence-corrected chi connectivity index (χ2v) is 6.17. The predicted molar refractivity (Wildman–Crippen MR) is 102 cm³/mol. The second-order valence-electron chi connectivity index (χ2n) is 6.17. The summed E-state index contributed by atoms with van der Waals surface area (Å²) in [6, 6.07) is 13.0. The van der Waals surface area contributed by atoms with Gasteiger partial charge in [0.1, 0.15) is 11.4 Å². The lowest BCUT2D eigenvalue weighted by atomic mass is 10.2. The lowest BCUT2D eigenvalue weighted by molar-refractivity contribution is 0.0940. The molecule has 1 aromatic heterocycles. The van der Waals surface area contributed by atoms with E-state index in [0.29, 0.717) is 22.9 Å². The van der Waals surface area contributed by atoms with E-state index in [1.807, 2.05) is 0 Å². The van der Waals surface area contributed by atoms with Crippen molar-refractivity contribution in [2.45, 2.75) is 6.54 Å². The topological polar surface area (TPSA) is 112 Å². The van der Waals surface area contributed by atoms with Crippen LogP contribution in [0.4, 0.5) is 0 Å². The summed E-state index contributed by atoms with van der Waals surface area (Å²) in [7, 11) is 1.46. The van der Waals surface area contributed by atoms with Crippen molar-refractivity contribution < 1.29 is 24.1 Å². The van der Waals surface area contributed by atoms with Gasteiger partial charge in [0.05, 0.1) is 7.11 Å². The van der Waals surface area contributed by atoms with Crippen LogP contribution in [-0.4, -0.2) is 34.7 Å². The minimum absolute atomic E-state index is 0.160. The van der Waals surface area contributed by atoms with E-state index in [1.54, 1.807) is 42.5 Å². The summed E-state index contributed by atoms with van der Waals surface area (Å²) in [5.41, 5.74) is 0.250. The second kappa shape index (κ2) is 7.55. The largest absolute Gasteiger partial charge is 0.505 e. The number of hydrogen-bond acceptors (Lipinski definition) is 7. The smallest absolute Gasteiger partial charge is 0.275 e. The number of aromatic hydroxyl groups is 1. The van der Waals surface area contributed by atoms with Crippen LogP contribution in [0.5, 0.6) is 23.0 Å². The minimum Gasteiger partial charge on any atom is -0.505 e. The average molecular weight is 395 g/mol. The van der Waals surface area contributed by atoms with Crippen molar-refractivity contribution in [2.24, 2.45) is 0 Å². The Hall–Kier alpha value is -4.01. The van der Waals surface area contributed by atoms with Gasteiger partial charge in [-0.2, -0.15) is 9.78 Å². The molecule has 0 saturated heterocycles. The highest BCUT2D eigenvalue weighted by atomic mass is 16.7. The highest BCUT2D eigenvalue weighted by molar-refractivity contribution is 5.94. The normalized spacial score (nSPS) is 11.9. The molecule has 9 nitrogen and oxygen atoms in total. The van der Waals surface area contributed by atoms with E-state index in [4.69, 9.17) is 14.2 Å². The van der Waals surface area contributed by atoms with Gasteiger partial charge in [-0.15, -0.1) is 0 Å². The van der Waals surface area contributed by atoms with E-state index in [1.165, 1.54) is 7.11 Å².